The Morgan fingerprint density at radius 3 is 2.19 bits per heavy atom. The average molecular weight is 517 g/mol. The van der Waals surface area contributed by atoms with E-state index in [-0.39, 0.29) is 6.10 Å². The van der Waals surface area contributed by atoms with Gasteiger partial charge in [-0.3, -0.25) is 4.79 Å². The summed E-state index contributed by atoms with van der Waals surface area (Å²) in [5.41, 5.74) is -0.890. The summed E-state index contributed by atoms with van der Waals surface area (Å²) in [5, 5.41) is 12.2. The Morgan fingerprint density at radius 2 is 1.67 bits per heavy atom. The Morgan fingerprint density at radius 1 is 1.08 bits per heavy atom. The normalized spacial score (nSPS) is 22.9. The molecule has 1 amide bonds. The fraction of sp³-hybridized carbons (Fsp3) is 0.481. The second kappa shape index (κ2) is 9.53. The third-order valence-corrected chi connectivity index (χ3v) is 7.86. The summed E-state index contributed by atoms with van der Waals surface area (Å²) in [6.07, 6.45) is -0.325. The number of nitrogens with one attached hydrogen (secondary N) is 1. The molecule has 9 heteroatoms. The number of hydrogen-bond donors (Lipinski definition) is 1. The summed E-state index contributed by atoms with van der Waals surface area (Å²) in [6, 6.07) is 8.93. The van der Waals surface area contributed by atoms with Gasteiger partial charge in [0.25, 0.3) is 5.91 Å². The standard InChI is InChI=1S/C27H31ClF2N4O2/c1-26(2)24(27(3,4)25(26)36-18-7-6-16(15-31)19(28)14-18)32-23(35)22-20(29)12-17(13-21(22)30)34-10-8-33(5)9-11-34/h6-7,12-14,24-25H,8-11H2,1-5H3,(H,32,35)/t24-,25-. The van der Waals surface area contributed by atoms with Crippen LogP contribution in [0.4, 0.5) is 14.5 Å². The molecule has 0 spiro atoms. The highest BCUT2D eigenvalue weighted by atomic mass is 35.5. The molecule has 0 atom stereocenters. The predicted octanol–water partition coefficient (Wildman–Crippen LogP) is 4.85. The molecule has 2 aliphatic rings. The smallest absolute Gasteiger partial charge is 0.257 e. The van der Waals surface area contributed by atoms with Gasteiger partial charge < -0.3 is 19.9 Å². The van der Waals surface area contributed by atoms with E-state index in [2.05, 4.69) is 10.2 Å². The first-order chi connectivity index (χ1) is 16.9. The van der Waals surface area contributed by atoms with E-state index in [9.17, 15) is 4.79 Å². The minimum Gasteiger partial charge on any atom is -0.489 e. The average Bonchev–Trinajstić information content (AvgIpc) is 2.80. The van der Waals surface area contributed by atoms with E-state index in [1.54, 1.807) is 18.2 Å². The Hall–Kier alpha value is -2.89. The summed E-state index contributed by atoms with van der Waals surface area (Å²) < 4.78 is 36.2. The number of carbonyl (C=O) groups excluding carboxylic acids is 1. The maximum Gasteiger partial charge on any atom is 0.257 e. The van der Waals surface area contributed by atoms with Crippen LogP contribution in [0.25, 0.3) is 0 Å². The van der Waals surface area contributed by atoms with Crippen LogP contribution >= 0.6 is 11.6 Å². The monoisotopic (exact) mass is 516 g/mol. The van der Waals surface area contributed by atoms with Crippen LogP contribution in [-0.4, -0.2) is 56.2 Å². The van der Waals surface area contributed by atoms with Crippen LogP contribution in [0, 0.1) is 33.8 Å². The van der Waals surface area contributed by atoms with Crippen LogP contribution in [0.5, 0.6) is 5.75 Å². The molecular weight excluding hydrogens is 486 g/mol. The molecule has 1 heterocycles. The van der Waals surface area contributed by atoms with Crippen molar-refractivity contribution in [3.05, 3.63) is 58.1 Å². The Bertz CT molecular complexity index is 1180. The zero-order valence-corrected chi connectivity index (χ0v) is 21.9. The van der Waals surface area contributed by atoms with E-state index in [1.165, 1.54) is 12.1 Å². The Kier molecular flexibility index (Phi) is 6.93. The Labute approximate surface area is 215 Å². The molecule has 0 radical (unpaired) electrons. The van der Waals surface area contributed by atoms with Crippen molar-refractivity contribution in [1.29, 1.82) is 5.26 Å². The summed E-state index contributed by atoms with van der Waals surface area (Å²) in [6.45, 7) is 10.7. The van der Waals surface area contributed by atoms with Gasteiger partial charge in [-0.25, -0.2) is 8.78 Å². The molecule has 0 unspecified atom stereocenters. The number of anilines is 1. The number of rotatable bonds is 5. The van der Waals surface area contributed by atoms with E-state index in [4.69, 9.17) is 21.6 Å². The molecule has 1 saturated carbocycles. The van der Waals surface area contributed by atoms with Crippen LogP contribution in [0.2, 0.25) is 5.02 Å². The highest BCUT2D eigenvalue weighted by molar-refractivity contribution is 6.31. The van der Waals surface area contributed by atoms with Crippen molar-refractivity contribution in [3.63, 3.8) is 0 Å². The SMILES string of the molecule is CN1CCN(c2cc(F)c(C(=O)N[C@H]3C(C)(C)[C@H](Oc4ccc(C#N)c(Cl)c4)C3(C)C)c(F)c2)CC1. The van der Waals surface area contributed by atoms with Gasteiger partial charge >= 0.3 is 0 Å². The topological polar surface area (TPSA) is 68.6 Å². The largest absolute Gasteiger partial charge is 0.489 e. The lowest BCUT2D eigenvalue weighted by atomic mass is 9.49. The van der Waals surface area contributed by atoms with Gasteiger partial charge in [0, 0.05) is 54.8 Å². The molecule has 0 bridgehead atoms. The molecule has 1 N–H and O–H groups in total. The minimum absolute atomic E-state index is 0.292. The van der Waals surface area contributed by atoms with Crippen molar-refractivity contribution in [2.24, 2.45) is 10.8 Å². The number of ether oxygens (including phenoxy) is 1. The number of carbonyl (C=O) groups is 1. The van der Waals surface area contributed by atoms with Crippen LogP contribution in [-0.2, 0) is 0 Å². The summed E-state index contributed by atoms with van der Waals surface area (Å²) in [4.78, 5) is 17.1. The van der Waals surface area contributed by atoms with Gasteiger partial charge in [0.1, 0.15) is 35.1 Å². The zero-order chi connectivity index (χ0) is 26.4. The number of piperazine rings is 1. The molecule has 2 fully saturated rings. The second-order valence-electron chi connectivity index (χ2n) is 10.9. The van der Waals surface area contributed by atoms with Crippen molar-refractivity contribution >= 4 is 23.2 Å². The lowest BCUT2D eigenvalue weighted by Crippen LogP contribution is -2.74. The van der Waals surface area contributed by atoms with Gasteiger partial charge in [-0.2, -0.15) is 5.26 Å². The lowest BCUT2D eigenvalue weighted by molar-refractivity contribution is -0.164. The maximum atomic E-state index is 15.0. The zero-order valence-electron chi connectivity index (χ0n) is 21.2. The highest BCUT2D eigenvalue weighted by Crippen LogP contribution is 2.55. The number of hydrogen-bond acceptors (Lipinski definition) is 5. The minimum atomic E-state index is -0.878. The van der Waals surface area contributed by atoms with Gasteiger partial charge in [0.05, 0.1) is 10.6 Å². The molecule has 1 aliphatic carbocycles. The van der Waals surface area contributed by atoms with Crippen LogP contribution in [0.15, 0.2) is 30.3 Å². The molecule has 0 aromatic heterocycles. The van der Waals surface area contributed by atoms with Gasteiger partial charge in [-0.1, -0.05) is 39.3 Å². The van der Waals surface area contributed by atoms with Crippen molar-refractivity contribution in [3.8, 4) is 11.8 Å². The Balaban J connectivity index is 1.50. The van der Waals surface area contributed by atoms with Crippen LogP contribution < -0.4 is 15.0 Å². The number of likely N-dealkylation sites (N-methyl/N-ethyl adjacent to an activating group) is 1. The number of halogens is 3. The predicted molar refractivity (Wildman–Crippen MR) is 135 cm³/mol. The molecule has 6 nitrogen and oxygen atoms in total. The highest BCUT2D eigenvalue weighted by Gasteiger charge is 2.64. The number of nitriles is 1. The molecule has 2 aromatic rings. The molecule has 4 rings (SSSR count). The first-order valence-corrected chi connectivity index (χ1v) is 12.3. The number of amides is 1. The van der Waals surface area contributed by atoms with Crippen molar-refractivity contribution in [2.75, 3.05) is 38.1 Å². The second-order valence-corrected chi connectivity index (χ2v) is 11.3. The van der Waals surface area contributed by atoms with E-state index in [0.717, 1.165) is 13.1 Å². The first kappa shape index (κ1) is 26.2. The first-order valence-electron chi connectivity index (χ1n) is 12.0. The molecule has 192 valence electrons. The number of benzene rings is 2. The molecule has 1 aliphatic heterocycles. The molecular formula is C27H31ClF2N4O2. The maximum absolute atomic E-state index is 15.0. The quantitative estimate of drug-likeness (QED) is 0.615. The summed E-state index contributed by atoms with van der Waals surface area (Å²) in [7, 11) is 2.00. The fourth-order valence-electron chi connectivity index (χ4n) is 5.82. The molecule has 1 saturated heterocycles. The van der Waals surface area contributed by atoms with E-state index in [0.29, 0.717) is 35.1 Å². The van der Waals surface area contributed by atoms with E-state index < -0.39 is 40.0 Å². The van der Waals surface area contributed by atoms with Crippen LogP contribution in [0.1, 0.15) is 43.6 Å². The van der Waals surface area contributed by atoms with Gasteiger partial charge in [-0.15, -0.1) is 0 Å². The third-order valence-electron chi connectivity index (χ3n) is 7.55. The van der Waals surface area contributed by atoms with Crippen molar-refractivity contribution < 1.29 is 18.3 Å². The lowest BCUT2D eigenvalue weighted by Gasteiger charge is -2.63. The summed E-state index contributed by atoms with van der Waals surface area (Å²) in [5.74, 6) is -2.04. The summed E-state index contributed by atoms with van der Waals surface area (Å²) >= 11 is 6.14. The van der Waals surface area contributed by atoms with Crippen molar-refractivity contribution in [1.82, 2.24) is 10.2 Å². The van der Waals surface area contributed by atoms with Gasteiger partial charge in [0.2, 0.25) is 0 Å². The molecule has 36 heavy (non-hydrogen) atoms. The number of nitrogens with zero attached hydrogens (tertiary/aromatic N) is 3. The third kappa shape index (κ3) is 4.62. The van der Waals surface area contributed by atoms with E-state index >= 15 is 8.78 Å². The van der Waals surface area contributed by atoms with Gasteiger partial charge in [0.15, 0.2) is 0 Å². The fourth-order valence-corrected chi connectivity index (χ4v) is 6.04. The van der Waals surface area contributed by atoms with E-state index in [1.807, 2.05) is 45.7 Å². The van der Waals surface area contributed by atoms with Crippen LogP contribution in [0.3, 0.4) is 0 Å². The molecule has 2 aromatic carbocycles. The van der Waals surface area contributed by atoms with Gasteiger partial charge in [-0.05, 0) is 31.3 Å². The van der Waals surface area contributed by atoms with Crippen molar-refractivity contribution in [2.45, 2.75) is 39.8 Å².